The molecule has 5 heteroatoms. The van der Waals surface area contributed by atoms with Crippen LogP contribution in [0.25, 0.3) is 0 Å². The lowest BCUT2D eigenvalue weighted by molar-refractivity contribution is -0.179. The highest BCUT2D eigenvalue weighted by Crippen LogP contribution is 2.40. The molecule has 1 saturated heterocycles. The molecule has 1 unspecified atom stereocenters. The summed E-state index contributed by atoms with van der Waals surface area (Å²) >= 11 is 0. The molecule has 1 N–H and O–H groups in total. The second-order valence-electron chi connectivity index (χ2n) is 7.15. The number of cyclic esters (lactones) is 1. The number of hydrogen-bond acceptors (Lipinski definition) is 4. The summed E-state index contributed by atoms with van der Waals surface area (Å²) in [7, 11) is -1.94. The normalized spacial score (nSPS) is 33.2. The molecule has 1 aliphatic heterocycles. The van der Waals surface area contributed by atoms with E-state index in [2.05, 4.69) is 33.9 Å². The number of aliphatic hydroxyl groups is 1. The van der Waals surface area contributed by atoms with Crippen LogP contribution in [0.15, 0.2) is 0 Å². The van der Waals surface area contributed by atoms with E-state index >= 15 is 0 Å². The third-order valence-electron chi connectivity index (χ3n) is 4.65. The fraction of sp³-hybridized carbons (Fsp3) is 0.929. The summed E-state index contributed by atoms with van der Waals surface area (Å²) in [4.78, 5) is 11.9. The van der Waals surface area contributed by atoms with Gasteiger partial charge in [-0.1, -0.05) is 27.7 Å². The van der Waals surface area contributed by atoms with Crippen LogP contribution in [0.4, 0.5) is 0 Å². The van der Waals surface area contributed by atoms with Crippen LogP contribution >= 0.6 is 0 Å². The topological polar surface area (TPSA) is 55.8 Å². The van der Waals surface area contributed by atoms with Crippen molar-refractivity contribution in [2.45, 2.75) is 65.0 Å². The van der Waals surface area contributed by atoms with Crippen molar-refractivity contribution in [3.8, 4) is 0 Å². The van der Waals surface area contributed by atoms with E-state index in [4.69, 9.17) is 9.16 Å². The summed E-state index contributed by atoms with van der Waals surface area (Å²) in [5.74, 6) is -0.514. The second kappa shape index (κ2) is 5.54. The smallest absolute Gasteiger partial charge is 0.311 e. The van der Waals surface area contributed by atoms with Gasteiger partial charge in [-0.05, 0) is 25.1 Å². The molecule has 4 nitrogen and oxygen atoms in total. The summed E-state index contributed by atoms with van der Waals surface area (Å²) in [6.07, 6.45) is -0.613. The Hall–Kier alpha value is -0.393. The van der Waals surface area contributed by atoms with Crippen molar-refractivity contribution in [2.24, 2.45) is 11.8 Å². The molecule has 0 bridgehead atoms. The molecule has 19 heavy (non-hydrogen) atoms. The van der Waals surface area contributed by atoms with Crippen LogP contribution in [0, 0.1) is 11.8 Å². The average Bonchev–Trinajstić information content (AvgIpc) is 2.27. The zero-order valence-electron chi connectivity index (χ0n) is 13.2. The maximum absolute atomic E-state index is 11.9. The Kier molecular flexibility index (Phi) is 4.86. The highest BCUT2D eigenvalue weighted by Gasteiger charge is 2.47. The van der Waals surface area contributed by atoms with Crippen LogP contribution in [-0.2, 0) is 14.0 Å². The molecule has 1 heterocycles. The molecule has 0 aromatic rings. The lowest BCUT2D eigenvalue weighted by Crippen LogP contribution is -2.55. The third-order valence-corrected chi connectivity index (χ3v) is 9.13. The second-order valence-corrected chi connectivity index (χ2v) is 11.9. The van der Waals surface area contributed by atoms with Gasteiger partial charge < -0.3 is 14.3 Å². The third kappa shape index (κ3) is 3.38. The van der Waals surface area contributed by atoms with E-state index < -0.39 is 14.4 Å². The van der Waals surface area contributed by atoms with Gasteiger partial charge in [-0.3, -0.25) is 4.79 Å². The molecular weight excluding hydrogens is 260 g/mol. The van der Waals surface area contributed by atoms with Crippen LogP contribution in [-0.4, -0.2) is 38.2 Å². The Bertz CT molecular complexity index is 335. The van der Waals surface area contributed by atoms with Crippen LogP contribution in [0.1, 0.15) is 34.6 Å². The summed E-state index contributed by atoms with van der Waals surface area (Å²) < 4.78 is 11.6. The van der Waals surface area contributed by atoms with Crippen molar-refractivity contribution in [3.63, 3.8) is 0 Å². The first-order chi connectivity index (χ1) is 8.51. The number of carbonyl (C=O) groups is 1. The summed E-state index contributed by atoms with van der Waals surface area (Å²) in [6.45, 7) is 14.6. The molecule has 0 aromatic carbocycles. The minimum absolute atomic E-state index is 0.0202. The van der Waals surface area contributed by atoms with Gasteiger partial charge in [0.2, 0.25) is 0 Å². The maximum Gasteiger partial charge on any atom is 0.311 e. The van der Waals surface area contributed by atoms with E-state index in [0.29, 0.717) is 0 Å². The van der Waals surface area contributed by atoms with Crippen molar-refractivity contribution < 1.29 is 19.1 Å². The van der Waals surface area contributed by atoms with E-state index in [1.807, 2.05) is 13.8 Å². The molecule has 112 valence electrons. The molecule has 4 atom stereocenters. The average molecular weight is 288 g/mol. The standard InChI is InChI=1S/C14H28O4Si/c1-9-11(8-15)17-13(16)10(2)12(9)18-19(6,7)14(3,4)5/h9-12,15H,8H2,1-7H3/t9-,10-,11+,12?/m0/s1. The molecule has 1 rings (SSSR count). The lowest BCUT2D eigenvalue weighted by atomic mass is 9.87. The molecule has 0 aromatic heterocycles. The zero-order chi connectivity index (χ0) is 15.0. The lowest BCUT2D eigenvalue weighted by Gasteiger charge is -2.45. The van der Waals surface area contributed by atoms with E-state index in [1.165, 1.54) is 0 Å². The predicted molar refractivity (Wildman–Crippen MR) is 77.4 cm³/mol. The van der Waals surface area contributed by atoms with Crippen molar-refractivity contribution in [1.29, 1.82) is 0 Å². The van der Waals surface area contributed by atoms with Gasteiger partial charge in [-0.25, -0.2) is 0 Å². The fourth-order valence-electron chi connectivity index (χ4n) is 2.09. The monoisotopic (exact) mass is 288 g/mol. The number of ether oxygens (including phenoxy) is 1. The Morgan fingerprint density at radius 3 is 2.26 bits per heavy atom. The van der Waals surface area contributed by atoms with Crippen LogP contribution in [0.3, 0.4) is 0 Å². The Labute approximate surface area is 117 Å². The SMILES string of the molecule is C[C@@H]1C(=O)O[C@H](CO)[C@H](C)C1O[Si](C)(C)C(C)(C)C. The molecule has 1 aliphatic rings. The minimum atomic E-state index is -1.94. The van der Waals surface area contributed by atoms with E-state index in [9.17, 15) is 9.90 Å². The van der Waals surface area contributed by atoms with Gasteiger partial charge in [-0.15, -0.1) is 0 Å². The minimum Gasteiger partial charge on any atom is -0.459 e. The highest BCUT2D eigenvalue weighted by atomic mass is 28.4. The number of hydrogen-bond donors (Lipinski definition) is 1. The van der Waals surface area contributed by atoms with Crippen LogP contribution < -0.4 is 0 Å². The highest BCUT2D eigenvalue weighted by molar-refractivity contribution is 6.74. The molecule has 1 fully saturated rings. The zero-order valence-corrected chi connectivity index (χ0v) is 14.2. The number of rotatable bonds is 3. The van der Waals surface area contributed by atoms with Gasteiger partial charge in [0.15, 0.2) is 8.32 Å². The summed E-state index contributed by atoms with van der Waals surface area (Å²) in [5, 5.41) is 9.42. The van der Waals surface area contributed by atoms with Gasteiger partial charge in [-0.2, -0.15) is 0 Å². The molecular formula is C14H28O4Si. The first-order valence-corrected chi connectivity index (χ1v) is 9.91. The van der Waals surface area contributed by atoms with Gasteiger partial charge in [0.05, 0.1) is 18.6 Å². The summed E-state index contributed by atoms with van der Waals surface area (Å²) in [5.41, 5.74) is 0. The fourth-order valence-corrected chi connectivity index (χ4v) is 3.55. The van der Waals surface area contributed by atoms with Crippen LogP contribution in [0.2, 0.25) is 18.1 Å². The van der Waals surface area contributed by atoms with Gasteiger partial charge in [0.25, 0.3) is 0 Å². The molecule has 0 aliphatic carbocycles. The molecule has 0 spiro atoms. The number of carbonyl (C=O) groups excluding carboxylic acids is 1. The predicted octanol–water partition coefficient (Wildman–Crippen LogP) is 2.57. The number of esters is 1. The van der Waals surface area contributed by atoms with Crippen molar-refractivity contribution in [2.75, 3.05) is 6.61 Å². The first kappa shape index (κ1) is 16.7. The van der Waals surface area contributed by atoms with Gasteiger partial charge in [0.1, 0.15) is 6.10 Å². The van der Waals surface area contributed by atoms with E-state index in [1.54, 1.807) is 0 Å². The first-order valence-electron chi connectivity index (χ1n) is 7.00. The van der Waals surface area contributed by atoms with E-state index in [0.717, 1.165) is 0 Å². The van der Waals surface area contributed by atoms with E-state index in [-0.39, 0.29) is 35.6 Å². The molecule has 0 amide bonds. The Balaban J connectivity index is 2.93. The van der Waals surface area contributed by atoms with Crippen molar-refractivity contribution in [1.82, 2.24) is 0 Å². The van der Waals surface area contributed by atoms with Gasteiger partial charge in [0, 0.05) is 5.92 Å². The Morgan fingerprint density at radius 2 is 1.84 bits per heavy atom. The van der Waals surface area contributed by atoms with Crippen LogP contribution in [0.5, 0.6) is 0 Å². The summed E-state index contributed by atoms with van der Waals surface area (Å²) in [6, 6.07) is 0. The quantitative estimate of drug-likeness (QED) is 0.640. The molecule has 0 radical (unpaired) electrons. The molecule has 0 saturated carbocycles. The maximum atomic E-state index is 11.9. The number of aliphatic hydroxyl groups excluding tert-OH is 1. The van der Waals surface area contributed by atoms with Crippen molar-refractivity contribution >= 4 is 14.3 Å². The van der Waals surface area contributed by atoms with Crippen molar-refractivity contribution in [3.05, 3.63) is 0 Å². The largest absolute Gasteiger partial charge is 0.459 e. The Morgan fingerprint density at radius 1 is 1.32 bits per heavy atom. The van der Waals surface area contributed by atoms with Gasteiger partial charge >= 0.3 is 5.97 Å².